The Kier molecular flexibility index (Phi) is 4.38. The normalized spacial score (nSPS) is 10.3. The van der Waals surface area contributed by atoms with Gasteiger partial charge in [-0.15, -0.1) is 0 Å². The maximum absolute atomic E-state index is 12.1. The zero-order chi connectivity index (χ0) is 16.1. The third kappa shape index (κ3) is 3.77. The lowest BCUT2D eigenvalue weighted by atomic mass is 10.2. The van der Waals surface area contributed by atoms with Crippen LogP contribution in [0.3, 0.4) is 0 Å². The topological polar surface area (TPSA) is 59.0 Å². The van der Waals surface area contributed by atoms with Gasteiger partial charge >= 0.3 is 0 Å². The average Bonchev–Trinajstić information content (AvgIpc) is 3.07. The van der Waals surface area contributed by atoms with Gasteiger partial charge in [0, 0.05) is 18.1 Å². The second kappa shape index (κ2) is 6.79. The molecule has 0 radical (unpaired) electrons. The first-order valence-electron chi connectivity index (χ1n) is 7.42. The number of nitrogens with zero attached hydrogens (tertiary/aromatic N) is 2. The van der Waals surface area contributed by atoms with Crippen LogP contribution < -0.4 is 10.6 Å². The fourth-order valence-corrected chi connectivity index (χ4v) is 2.34. The first kappa shape index (κ1) is 14.8. The molecule has 0 aliphatic heterocycles. The third-order valence-corrected chi connectivity index (χ3v) is 3.40. The van der Waals surface area contributed by atoms with Crippen LogP contribution in [-0.2, 0) is 4.79 Å². The number of amides is 1. The van der Waals surface area contributed by atoms with Crippen LogP contribution >= 0.6 is 0 Å². The lowest BCUT2D eigenvalue weighted by molar-refractivity contribution is -0.114. The van der Waals surface area contributed by atoms with Crippen LogP contribution in [-0.4, -0.2) is 22.2 Å². The summed E-state index contributed by atoms with van der Waals surface area (Å²) in [4.78, 5) is 12.1. The van der Waals surface area contributed by atoms with Gasteiger partial charge in [0.05, 0.1) is 17.9 Å². The Bertz CT molecular complexity index is 796. The van der Waals surface area contributed by atoms with Gasteiger partial charge in [-0.2, -0.15) is 5.10 Å². The van der Waals surface area contributed by atoms with Crippen molar-refractivity contribution in [1.82, 2.24) is 9.78 Å². The predicted octanol–water partition coefficient (Wildman–Crippen LogP) is 3.23. The van der Waals surface area contributed by atoms with Crippen molar-refractivity contribution >= 4 is 17.3 Å². The molecule has 0 aliphatic carbocycles. The van der Waals surface area contributed by atoms with Crippen LogP contribution in [0.15, 0.2) is 67.0 Å². The number of anilines is 2. The van der Waals surface area contributed by atoms with Crippen LogP contribution in [0.4, 0.5) is 11.4 Å². The molecule has 3 aromatic rings. The summed E-state index contributed by atoms with van der Waals surface area (Å²) in [6, 6.07) is 17.3. The number of para-hydroxylation sites is 2. The molecule has 0 fully saturated rings. The van der Waals surface area contributed by atoms with Gasteiger partial charge in [0.2, 0.25) is 5.91 Å². The highest BCUT2D eigenvalue weighted by atomic mass is 16.1. The highest BCUT2D eigenvalue weighted by Crippen LogP contribution is 2.18. The average molecular weight is 306 g/mol. The Morgan fingerprint density at radius 1 is 1.13 bits per heavy atom. The molecule has 1 heterocycles. The molecule has 0 spiro atoms. The monoisotopic (exact) mass is 306 g/mol. The molecule has 0 saturated heterocycles. The van der Waals surface area contributed by atoms with Crippen molar-refractivity contribution in [1.29, 1.82) is 0 Å². The minimum atomic E-state index is -0.0918. The summed E-state index contributed by atoms with van der Waals surface area (Å²) in [5.41, 5.74) is 3.67. The van der Waals surface area contributed by atoms with Crippen molar-refractivity contribution in [2.75, 3.05) is 17.2 Å². The van der Waals surface area contributed by atoms with Gasteiger partial charge in [0.25, 0.3) is 0 Å². The van der Waals surface area contributed by atoms with Gasteiger partial charge in [-0.1, -0.05) is 24.3 Å². The highest BCUT2D eigenvalue weighted by molar-refractivity contribution is 5.94. The summed E-state index contributed by atoms with van der Waals surface area (Å²) in [6.45, 7) is 2.18. The molecule has 116 valence electrons. The Balaban J connectivity index is 1.66. The number of hydrogen-bond donors (Lipinski definition) is 2. The second-order valence-electron chi connectivity index (χ2n) is 5.24. The first-order valence-corrected chi connectivity index (χ1v) is 7.42. The summed E-state index contributed by atoms with van der Waals surface area (Å²) in [5.74, 6) is -0.0918. The number of aryl methyl sites for hydroxylation is 1. The van der Waals surface area contributed by atoms with Crippen LogP contribution in [0.1, 0.15) is 5.56 Å². The number of aromatic nitrogens is 2. The van der Waals surface area contributed by atoms with Crippen LogP contribution in [0.2, 0.25) is 0 Å². The largest absolute Gasteiger partial charge is 0.374 e. The first-order chi connectivity index (χ1) is 11.2. The van der Waals surface area contributed by atoms with Gasteiger partial charge in [-0.05, 0) is 42.8 Å². The van der Waals surface area contributed by atoms with Crippen molar-refractivity contribution in [3.63, 3.8) is 0 Å². The van der Waals surface area contributed by atoms with Gasteiger partial charge in [-0.25, -0.2) is 4.68 Å². The summed E-state index contributed by atoms with van der Waals surface area (Å²) in [5, 5.41) is 10.3. The van der Waals surface area contributed by atoms with Gasteiger partial charge in [0.15, 0.2) is 0 Å². The second-order valence-corrected chi connectivity index (χ2v) is 5.24. The molecule has 5 nitrogen and oxygen atoms in total. The van der Waals surface area contributed by atoms with Crippen LogP contribution in [0.5, 0.6) is 0 Å². The van der Waals surface area contributed by atoms with Crippen molar-refractivity contribution in [2.24, 2.45) is 0 Å². The molecule has 0 saturated carbocycles. The fraction of sp³-hybridized carbons (Fsp3) is 0.111. The van der Waals surface area contributed by atoms with E-state index in [4.69, 9.17) is 0 Å². The number of carbonyl (C=O) groups is 1. The SMILES string of the molecule is Cc1cccc(NC(=O)CNc2ccccc2-n2cccn2)c1. The van der Waals surface area contributed by atoms with Crippen molar-refractivity contribution in [3.8, 4) is 5.69 Å². The van der Waals surface area contributed by atoms with Crippen LogP contribution in [0.25, 0.3) is 5.69 Å². The van der Waals surface area contributed by atoms with Crippen molar-refractivity contribution in [2.45, 2.75) is 6.92 Å². The minimum absolute atomic E-state index is 0.0918. The van der Waals surface area contributed by atoms with E-state index in [1.54, 1.807) is 10.9 Å². The van der Waals surface area contributed by atoms with E-state index in [2.05, 4.69) is 15.7 Å². The van der Waals surface area contributed by atoms with Gasteiger partial charge < -0.3 is 10.6 Å². The highest BCUT2D eigenvalue weighted by Gasteiger charge is 2.07. The number of carbonyl (C=O) groups excluding carboxylic acids is 1. The van der Waals surface area contributed by atoms with Gasteiger partial charge in [0.1, 0.15) is 0 Å². The van der Waals surface area contributed by atoms with E-state index in [1.807, 2.05) is 67.7 Å². The third-order valence-electron chi connectivity index (χ3n) is 3.40. The Morgan fingerprint density at radius 2 is 2.00 bits per heavy atom. The summed E-state index contributed by atoms with van der Waals surface area (Å²) in [6.07, 6.45) is 3.59. The number of hydrogen-bond acceptors (Lipinski definition) is 3. The maximum atomic E-state index is 12.1. The molecule has 2 N–H and O–H groups in total. The predicted molar refractivity (Wildman–Crippen MR) is 91.9 cm³/mol. The van der Waals surface area contributed by atoms with E-state index in [0.29, 0.717) is 0 Å². The lowest BCUT2D eigenvalue weighted by Gasteiger charge is -2.12. The van der Waals surface area contributed by atoms with E-state index in [0.717, 1.165) is 22.6 Å². The molecule has 0 bridgehead atoms. The zero-order valence-corrected chi connectivity index (χ0v) is 12.9. The van der Waals surface area contributed by atoms with E-state index >= 15 is 0 Å². The molecule has 23 heavy (non-hydrogen) atoms. The van der Waals surface area contributed by atoms with Gasteiger partial charge in [-0.3, -0.25) is 4.79 Å². The molecule has 1 amide bonds. The van der Waals surface area contributed by atoms with E-state index < -0.39 is 0 Å². The Hall–Kier alpha value is -3.08. The number of benzene rings is 2. The molecule has 3 rings (SSSR count). The molecule has 2 aromatic carbocycles. The lowest BCUT2D eigenvalue weighted by Crippen LogP contribution is -2.22. The zero-order valence-electron chi connectivity index (χ0n) is 12.9. The Morgan fingerprint density at radius 3 is 2.78 bits per heavy atom. The molecule has 5 heteroatoms. The smallest absolute Gasteiger partial charge is 0.243 e. The maximum Gasteiger partial charge on any atom is 0.243 e. The Labute approximate surface area is 135 Å². The molecule has 0 aliphatic rings. The fourth-order valence-electron chi connectivity index (χ4n) is 2.34. The number of rotatable bonds is 5. The summed E-state index contributed by atoms with van der Waals surface area (Å²) < 4.78 is 1.76. The summed E-state index contributed by atoms with van der Waals surface area (Å²) in [7, 11) is 0. The van der Waals surface area contributed by atoms with Crippen LogP contribution in [0, 0.1) is 6.92 Å². The quantitative estimate of drug-likeness (QED) is 0.761. The molecule has 0 unspecified atom stereocenters. The van der Waals surface area contributed by atoms with Crippen molar-refractivity contribution < 1.29 is 4.79 Å². The van der Waals surface area contributed by atoms with E-state index in [1.165, 1.54) is 0 Å². The van der Waals surface area contributed by atoms with E-state index in [9.17, 15) is 4.79 Å². The molecular weight excluding hydrogens is 288 g/mol. The molecule has 0 atom stereocenters. The van der Waals surface area contributed by atoms with Crippen molar-refractivity contribution in [3.05, 3.63) is 72.6 Å². The van der Waals surface area contributed by atoms with E-state index in [-0.39, 0.29) is 12.5 Å². The minimum Gasteiger partial charge on any atom is -0.374 e. The standard InChI is InChI=1S/C18H18N4O/c1-14-6-4-7-15(12-14)21-18(23)13-19-16-8-2-3-9-17(16)22-11-5-10-20-22/h2-12,19H,13H2,1H3,(H,21,23). The number of nitrogens with one attached hydrogen (secondary N) is 2. The molecular formula is C18H18N4O. The summed E-state index contributed by atoms with van der Waals surface area (Å²) >= 11 is 0. The molecule has 1 aromatic heterocycles.